The van der Waals surface area contributed by atoms with Crippen LogP contribution in [-0.4, -0.2) is 16.6 Å². The molecule has 1 aromatic carbocycles. The van der Waals surface area contributed by atoms with Crippen molar-refractivity contribution in [2.45, 2.75) is 12.9 Å². The molecule has 0 fully saturated rings. The molecule has 2 aromatic rings. The van der Waals surface area contributed by atoms with Crippen molar-refractivity contribution in [3.63, 3.8) is 0 Å². The van der Waals surface area contributed by atoms with Crippen molar-refractivity contribution in [2.75, 3.05) is 5.32 Å². The summed E-state index contributed by atoms with van der Waals surface area (Å²) in [5, 5.41) is 10.7. The van der Waals surface area contributed by atoms with E-state index in [0.29, 0.717) is 10.7 Å². The third kappa shape index (κ3) is 3.59. The predicted octanol–water partition coefficient (Wildman–Crippen LogP) is 3.05. The molecule has 96 valence electrons. The van der Waals surface area contributed by atoms with E-state index in [1.807, 2.05) is 0 Å². The Hall–Kier alpha value is -1.83. The maximum absolute atomic E-state index is 12.2. The average Bonchev–Trinajstić information content (AvgIpc) is 2.79. The minimum atomic E-state index is -4.70. The van der Waals surface area contributed by atoms with Gasteiger partial charge in [-0.25, -0.2) is 0 Å². The Labute approximate surface area is 104 Å². The fourth-order valence-electron chi connectivity index (χ4n) is 1.30. The van der Waals surface area contributed by atoms with Crippen LogP contribution in [0.25, 0.3) is 0 Å². The Morgan fingerprint density at radius 2 is 2.06 bits per heavy atom. The van der Waals surface area contributed by atoms with Crippen LogP contribution in [0, 0.1) is 0 Å². The van der Waals surface area contributed by atoms with Crippen LogP contribution in [0.2, 0.25) is 0 Å². The van der Waals surface area contributed by atoms with Crippen molar-refractivity contribution in [3.05, 3.63) is 35.3 Å². The highest BCUT2D eigenvalue weighted by Gasteiger charge is 2.31. The Morgan fingerprint density at radius 1 is 1.28 bits per heavy atom. The summed E-state index contributed by atoms with van der Waals surface area (Å²) >= 11 is 1.26. The second kappa shape index (κ2) is 5.21. The third-order valence-corrected chi connectivity index (χ3v) is 2.64. The summed E-state index contributed by atoms with van der Waals surface area (Å²) in [6, 6.07) is 5.94. The van der Waals surface area contributed by atoms with E-state index in [1.54, 1.807) is 12.1 Å². The quantitative estimate of drug-likeness (QED) is 0.931. The van der Waals surface area contributed by atoms with E-state index < -0.39 is 6.36 Å². The molecule has 0 saturated carbocycles. The predicted molar refractivity (Wildman–Crippen MR) is 60.4 cm³/mol. The summed E-state index contributed by atoms with van der Waals surface area (Å²) in [5.41, 5.74) is 1.92. The maximum Gasteiger partial charge on any atom is 0.573 e. The van der Waals surface area contributed by atoms with Gasteiger partial charge in [0.1, 0.15) is 11.3 Å². The Kier molecular flexibility index (Phi) is 3.66. The number of hydrogen-bond donors (Lipinski definition) is 1. The van der Waals surface area contributed by atoms with E-state index in [-0.39, 0.29) is 12.3 Å². The molecule has 1 heterocycles. The average molecular weight is 275 g/mol. The largest absolute Gasteiger partial charge is 0.573 e. The van der Waals surface area contributed by atoms with Gasteiger partial charge < -0.3 is 10.1 Å². The number of nitrogens with one attached hydrogen (secondary N) is 1. The molecule has 0 unspecified atom stereocenters. The fourth-order valence-corrected chi connectivity index (χ4v) is 1.74. The van der Waals surface area contributed by atoms with Gasteiger partial charge in [0.25, 0.3) is 0 Å². The number of benzene rings is 1. The Morgan fingerprint density at radius 3 is 2.72 bits per heavy atom. The van der Waals surface area contributed by atoms with Crippen LogP contribution in [0.15, 0.2) is 29.8 Å². The minimum absolute atomic E-state index is 0.182. The van der Waals surface area contributed by atoms with E-state index in [9.17, 15) is 13.2 Å². The minimum Gasteiger partial charge on any atom is -0.405 e. The molecular weight excluding hydrogens is 267 g/mol. The van der Waals surface area contributed by atoms with Gasteiger partial charge in [0.05, 0.1) is 0 Å². The molecule has 2 rings (SSSR count). The van der Waals surface area contributed by atoms with Gasteiger partial charge in [0, 0.05) is 12.1 Å². The van der Waals surface area contributed by atoms with Crippen LogP contribution in [0.3, 0.4) is 0 Å². The molecule has 4 nitrogen and oxygen atoms in total. The number of para-hydroxylation sites is 1. The van der Waals surface area contributed by atoms with Crippen molar-refractivity contribution < 1.29 is 17.9 Å². The van der Waals surface area contributed by atoms with E-state index in [4.69, 9.17) is 0 Å². The van der Waals surface area contributed by atoms with Crippen LogP contribution in [0.5, 0.6) is 5.75 Å². The summed E-state index contributed by atoms with van der Waals surface area (Å²) in [4.78, 5) is 0. The van der Waals surface area contributed by atoms with Gasteiger partial charge in [0.15, 0.2) is 0 Å². The smallest absolute Gasteiger partial charge is 0.405 e. The number of alkyl halides is 3. The fraction of sp³-hybridized carbons (Fsp3) is 0.200. The zero-order valence-electron chi connectivity index (χ0n) is 8.94. The molecule has 1 N–H and O–H groups in total. The van der Waals surface area contributed by atoms with Crippen LogP contribution < -0.4 is 10.1 Å². The van der Waals surface area contributed by atoms with Crippen molar-refractivity contribution in [3.8, 4) is 5.75 Å². The monoisotopic (exact) mass is 275 g/mol. The number of aromatic nitrogens is 2. The second-order valence-corrected chi connectivity index (χ2v) is 4.09. The van der Waals surface area contributed by atoms with Crippen molar-refractivity contribution in [2.24, 2.45) is 0 Å². The van der Waals surface area contributed by atoms with Gasteiger partial charge in [-0.15, -0.1) is 23.4 Å². The lowest BCUT2D eigenvalue weighted by Crippen LogP contribution is -2.18. The van der Waals surface area contributed by atoms with Crippen molar-refractivity contribution in [1.29, 1.82) is 0 Å². The molecule has 0 aliphatic rings. The van der Waals surface area contributed by atoms with Crippen LogP contribution in [0.4, 0.5) is 18.3 Å². The number of anilines is 1. The molecule has 8 heteroatoms. The van der Waals surface area contributed by atoms with E-state index >= 15 is 0 Å². The summed E-state index contributed by atoms with van der Waals surface area (Å²) in [7, 11) is 0. The Bertz CT molecular complexity index is 501. The van der Waals surface area contributed by atoms with Gasteiger partial charge in [-0.05, 0) is 6.07 Å². The van der Waals surface area contributed by atoms with E-state index in [2.05, 4.69) is 20.3 Å². The molecule has 0 aliphatic heterocycles. The molecule has 0 aliphatic carbocycles. The molecule has 0 spiro atoms. The summed E-state index contributed by atoms with van der Waals surface area (Å²) in [6.07, 6.45) is -4.70. The van der Waals surface area contributed by atoms with E-state index in [1.165, 1.54) is 29.0 Å². The topological polar surface area (TPSA) is 47.0 Å². The number of halogens is 3. The van der Waals surface area contributed by atoms with Gasteiger partial charge in [-0.1, -0.05) is 29.5 Å². The van der Waals surface area contributed by atoms with Crippen LogP contribution in [-0.2, 0) is 6.54 Å². The normalized spacial score (nSPS) is 11.3. The number of ether oxygens (including phenoxy) is 1. The van der Waals surface area contributed by atoms with Gasteiger partial charge in [0.2, 0.25) is 5.13 Å². The molecule has 0 atom stereocenters. The van der Waals surface area contributed by atoms with Crippen molar-refractivity contribution in [1.82, 2.24) is 10.2 Å². The van der Waals surface area contributed by atoms with Crippen LogP contribution >= 0.6 is 11.3 Å². The van der Waals surface area contributed by atoms with Gasteiger partial charge >= 0.3 is 6.36 Å². The SMILES string of the molecule is FC(F)(F)Oc1ccccc1CNc1nncs1. The standard InChI is InChI=1S/C10H8F3N3OS/c11-10(12,13)17-8-4-2-1-3-7(8)5-14-9-16-15-6-18-9/h1-4,6H,5H2,(H,14,16). The molecular formula is C10H8F3N3OS. The summed E-state index contributed by atoms with van der Waals surface area (Å²) in [5.74, 6) is -0.220. The summed E-state index contributed by atoms with van der Waals surface area (Å²) < 4.78 is 40.4. The molecule has 0 radical (unpaired) electrons. The molecule has 0 saturated heterocycles. The molecule has 0 amide bonds. The lowest BCUT2D eigenvalue weighted by Gasteiger charge is -2.13. The van der Waals surface area contributed by atoms with Gasteiger partial charge in [-0.2, -0.15) is 0 Å². The lowest BCUT2D eigenvalue weighted by atomic mass is 10.2. The van der Waals surface area contributed by atoms with E-state index in [0.717, 1.165) is 0 Å². The van der Waals surface area contributed by atoms with Crippen molar-refractivity contribution >= 4 is 16.5 Å². The first-order valence-corrected chi connectivity index (χ1v) is 5.76. The number of hydrogen-bond acceptors (Lipinski definition) is 5. The lowest BCUT2D eigenvalue weighted by molar-refractivity contribution is -0.274. The number of rotatable bonds is 4. The molecule has 1 aromatic heterocycles. The Balaban J connectivity index is 2.07. The number of nitrogens with zero attached hydrogens (tertiary/aromatic N) is 2. The molecule has 0 bridgehead atoms. The first-order valence-electron chi connectivity index (χ1n) is 4.88. The first kappa shape index (κ1) is 12.6. The summed E-state index contributed by atoms with van der Waals surface area (Å²) in [6.45, 7) is 0.182. The molecule has 18 heavy (non-hydrogen) atoms. The highest BCUT2D eigenvalue weighted by atomic mass is 32.1. The highest BCUT2D eigenvalue weighted by molar-refractivity contribution is 7.13. The zero-order chi connectivity index (χ0) is 13.0. The highest BCUT2D eigenvalue weighted by Crippen LogP contribution is 2.26. The second-order valence-electron chi connectivity index (χ2n) is 3.25. The van der Waals surface area contributed by atoms with Crippen LogP contribution in [0.1, 0.15) is 5.56 Å². The zero-order valence-corrected chi connectivity index (χ0v) is 9.76. The third-order valence-electron chi connectivity index (χ3n) is 1.99. The van der Waals surface area contributed by atoms with Gasteiger partial charge in [-0.3, -0.25) is 0 Å². The maximum atomic E-state index is 12.2. The first-order chi connectivity index (χ1) is 8.54.